The molecule has 0 aromatic rings. The summed E-state index contributed by atoms with van der Waals surface area (Å²) in [5.74, 6) is 0. The van der Waals surface area contributed by atoms with Crippen LogP contribution >= 0.6 is 0 Å². The Morgan fingerprint density at radius 2 is 2.27 bits per heavy atom. The Bertz CT molecular complexity index is 208. The maximum atomic E-state index is 10.6. The van der Waals surface area contributed by atoms with Crippen molar-refractivity contribution in [2.45, 2.75) is 13.8 Å². The normalized spacial score (nSPS) is 16.7. The molecule has 0 aromatic heterocycles. The largest absolute Gasteiger partial charge is 0.327 e. The van der Waals surface area contributed by atoms with Gasteiger partial charge in [0.25, 0.3) is 0 Å². The van der Waals surface area contributed by atoms with E-state index in [0.29, 0.717) is 11.4 Å². The first-order valence-corrected chi connectivity index (χ1v) is 4.37. The minimum Gasteiger partial charge on any atom is -0.327 e. The van der Waals surface area contributed by atoms with Gasteiger partial charge < -0.3 is 10.3 Å². The van der Waals surface area contributed by atoms with E-state index < -0.39 is 11.1 Å². The molecule has 3 nitrogen and oxygen atoms in total. The lowest BCUT2D eigenvalue weighted by atomic mass is 10.3. The van der Waals surface area contributed by atoms with E-state index in [0.717, 1.165) is 5.57 Å². The van der Waals surface area contributed by atoms with E-state index in [1.807, 2.05) is 0 Å². The lowest BCUT2D eigenvalue weighted by Gasteiger charge is -2.00. The van der Waals surface area contributed by atoms with Gasteiger partial charge in [0, 0.05) is 6.54 Å². The quantitative estimate of drug-likeness (QED) is 0.497. The molecule has 64 valence electrons. The maximum Gasteiger partial charge on any atom is 0.186 e. The third-order valence-corrected chi connectivity index (χ3v) is 2.09. The van der Waals surface area contributed by atoms with Gasteiger partial charge in [-0.3, -0.25) is 0 Å². The van der Waals surface area contributed by atoms with Crippen LogP contribution in [0.15, 0.2) is 22.6 Å². The van der Waals surface area contributed by atoms with Crippen LogP contribution in [0.5, 0.6) is 0 Å². The first-order valence-electron chi connectivity index (χ1n) is 3.26. The minimum atomic E-state index is -1.92. The van der Waals surface area contributed by atoms with Crippen LogP contribution in [0.2, 0.25) is 0 Å². The molecule has 4 heteroatoms. The minimum absolute atomic E-state index is 0.311. The molecular formula is C7H13NO2S. The molecule has 0 heterocycles. The summed E-state index contributed by atoms with van der Waals surface area (Å²) in [6.07, 6.45) is 3.31. The summed E-state index contributed by atoms with van der Waals surface area (Å²) in [7, 11) is 0. The summed E-state index contributed by atoms with van der Waals surface area (Å²) < 4.78 is 19.4. The lowest BCUT2D eigenvalue weighted by molar-refractivity contribution is 0.571. The third kappa shape index (κ3) is 3.46. The molecule has 0 aliphatic rings. The van der Waals surface area contributed by atoms with Crippen LogP contribution in [-0.2, 0) is 11.1 Å². The second kappa shape index (κ2) is 5.23. The van der Waals surface area contributed by atoms with Gasteiger partial charge in [0.05, 0.1) is 4.91 Å². The van der Waals surface area contributed by atoms with E-state index in [2.05, 4.69) is 0 Å². The van der Waals surface area contributed by atoms with Gasteiger partial charge in [-0.25, -0.2) is 4.21 Å². The van der Waals surface area contributed by atoms with Crippen molar-refractivity contribution >= 4 is 11.1 Å². The van der Waals surface area contributed by atoms with Crippen molar-refractivity contribution in [2.24, 2.45) is 5.73 Å². The molecule has 0 saturated carbocycles. The van der Waals surface area contributed by atoms with Crippen LogP contribution in [-0.4, -0.2) is 15.3 Å². The Morgan fingerprint density at radius 3 is 2.55 bits per heavy atom. The first kappa shape index (κ1) is 10.6. The zero-order chi connectivity index (χ0) is 8.85. The monoisotopic (exact) mass is 175 g/mol. The second-order valence-corrected chi connectivity index (χ2v) is 3.04. The predicted octanol–water partition coefficient (Wildman–Crippen LogP) is 1.02. The van der Waals surface area contributed by atoms with Gasteiger partial charge >= 0.3 is 0 Å². The fourth-order valence-corrected chi connectivity index (χ4v) is 1.24. The summed E-state index contributed by atoms with van der Waals surface area (Å²) >= 11 is -1.92. The number of hydrogen-bond acceptors (Lipinski definition) is 2. The van der Waals surface area contributed by atoms with Crippen LogP contribution in [0.25, 0.3) is 0 Å². The molecule has 0 bridgehead atoms. The smallest absolute Gasteiger partial charge is 0.186 e. The highest BCUT2D eigenvalue weighted by atomic mass is 32.2. The van der Waals surface area contributed by atoms with Gasteiger partial charge in [-0.05, 0) is 25.5 Å². The molecule has 1 atom stereocenters. The topological polar surface area (TPSA) is 63.3 Å². The van der Waals surface area contributed by atoms with E-state index in [-0.39, 0.29) is 0 Å². The first-order chi connectivity index (χ1) is 5.13. The summed E-state index contributed by atoms with van der Waals surface area (Å²) in [6.45, 7) is 3.84. The Morgan fingerprint density at radius 1 is 1.73 bits per heavy atom. The van der Waals surface area contributed by atoms with Crippen LogP contribution in [0.1, 0.15) is 13.8 Å². The van der Waals surface area contributed by atoms with Crippen molar-refractivity contribution in [1.82, 2.24) is 0 Å². The number of rotatable bonds is 3. The van der Waals surface area contributed by atoms with Crippen LogP contribution in [0.4, 0.5) is 0 Å². The molecule has 0 saturated heterocycles. The standard InChI is InChI=1S/C7H13NO2S/c1-3-4-7(11(9)10)6(2)5-8/h3-4H,5,8H2,1-2H3,(H,9,10)/b4-3-,7-6-. The molecule has 0 fully saturated rings. The van der Waals surface area contributed by atoms with Gasteiger partial charge in [0.15, 0.2) is 11.1 Å². The fourth-order valence-electron chi connectivity index (χ4n) is 0.601. The van der Waals surface area contributed by atoms with E-state index in [4.69, 9.17) is 10.3 Å². The van der Waals surface area contributed by atoms with Gasteiger partial charge in [-0.2, -0.15) is 0 Å². The van der Waals surface area contributed by atoms with E-state index >= 15 is 0 Å². The fraction of sp³-hybridized carbons (Fsp3) is 0.429. The summed E-state index contributed by atoms with van der Waals surface area (Å²) in [4.78, 5) is 0.398. The van der Waals surface area contributed by atoms with Crippen LogP contribution < -0.4 is 5.73 Å². The van der Waals surface area contributed by atoms with Gasteiger partial charge in [-0.1, -0.05) is 6.08 Å². The SMILES string of the molecule is C/C=C\C(=C(/C)CN)S(=O)O. The van der Waals surface area contributed by atoms with Gasteiger partial charge in [0.1, 0.15) is 0 Å². The molecule has 0 aromatic carbocycles. The lowest BCUT2D eigenvalue weighted by Crippen LogP contribution is -2.05. The van der Waals surface area contributed by atoms with Crippen molar-refractivity contribution in [3.63, 3.8) is 0 Å². The van der Waals surface area contributed by atoms with Crippen molar-refractivity contribution in [1.29, 1.82) is 0 Å². The molecule has 0 amide bonds. The number of hydrogen-bond donors (Lipinski definition) is 2. The van der Waals surface area contributed by atoms with E-state index in [9.17, 15) is 4.21 Å². The molecule has 0 rings (SSSR count). The average molecular weight is 175 g/mol. The summed E-state index contributed by atoms with van der Waals surface area (Å²) in [6, 6.07) is 0. The van der Waals surface area contributed by atoms with Crippen molar-refractivity contribution in [3.05, 3.63) is 22.6 Å². The highest BCUT2D eigenvalue weighted by molar-refractivity contribution is 7.83. The Hall–Kier alpha value is -0.450. The number of allylic oxidation sites excluding steroid dienone is 2. The molecule has 0 radical (unpaired) electrons. The molecule has 0 aliphatic carbocycles. The van der Waals surface area contributed by atoms with Gasteiger partial charge in [0.2, 0.25) is 0 Å². The highest BCUT2D eigenvalue weighted by Gasteiger charge is 2.02. The molecular weight excluding hydrogens is 162 g/mol. The molecule has 0 aliphatic heterocycles. The predicted molar refractivity (Wildman–Crippen MR) is 47.3 cm³/mol. The highest BCUT2D eigenvalue weighted by Crippen LogP contribution is 2.07. The Kier molecular flexibility index (Phi) is 5.02. The van der Waals surface area contributed by atoms with Crippen molar-refractivity contribution in [2.75, 3.05) is 6.54 Å². The summed E-state index contributed by atoms with van der Waals surface area (Å²) in [5.41, 5.74) is 6.04. The zero-order valence-corrected chi connectivity index (χ0v) is 7.52. The summed E-state index contributed by atoms with van der Waals surface area (Å²) in [5, 5.41) is 0. The van der Waals surface area contributed by atoms with Crippen molar-refractivity contribution in [3.8, 4) is 0 Å². The maximum absolute atomic E-state index is 10.6. The molecule has 11 heavy (non-hydrogen) atoms. The van der Waals surface area contributed by atoms with Crippen LogP contribution in [0.3, 0.4) is 0 Å². The Labute approximate surface area is 69.3 Å². The Balaban J connectivity index is 4.72. The molecule has 1 unspecified atom stereocenters. The molecule has 0 spiro atoms. The zero-order valence-electron chi connectivity index (χ0n) is 6.70. The molecule has 3 N–H and O–H groups in total. The second-order valence-electron chi connectivity index (χ2n) is 2.10. The van der Waals surface area contributed by atoms with Crippen LogP contribution in [0, 0.1) is 0 Å². The average Bonchev–Trinajstić information content (AvgIpc) is 1.98. The van der Waals surface area contributed by atoms with E-state index in [1.165, 1.54) is 0 Å². The van der Waals surface area contributed by atoms with E-state index in [1.54, 1.807) is 26.0 Å². The number of nitrogens with two attached hydrogens (primary N) is 1. The van der Waals surface area contributed by atoms with Crippen molar-refractivity contribution < 1.29 is 8.76 Å². The van der Waals surface area contributed by atoms with Gasteiger partial charge in [-0.15, -0.1) is 0 Å². The third-order valence-electron chi connectivity index (χ3n) is 1.23.